The Labute approximate surface area is 119 Å². The molecule has 6 heteroatoms. The number of phenolic OH excluding ortho intramolecular Hbond substituents is 1. The molecule has 0 saturated heterocycles. The minimum absolute atomic E-state index is 0.0999. The second-order valence-electron chi connectivity index (χ2n) is 3.97. The molecule has 0 amide bonds. The first-order chi connectivity index (χ1) is 9.15. The van der Waals surface area contributed by atoms with E-state index in [-0.39, 0.29) is 17.7 Å². The third kappa shape index (κ3) is 3.13. The third-order valence-corrected chi connectivity index (χ3v) is 3.15. The number of rotatable bonds is 5. The zero-order valence-corrected chi connectivity index (χ0v) is 12.3. The molecule has 0 saturated carbocycles. The van der Waals surface area contributed by atoms with Gasteiger partial charge in [0.1, 0.15) is 11.9 Å². The Morgan fingerprint density at radius 1 is 1.42 bits per heavy atom. The first-order valence-electron chi connectivity index (χ1n) is 6.09. The topological polar surface area (TPSA) is 68.4 Å². The van der Waals surface area contributed by atoms with Crippen LogP contribution in [-0.2, 0) is 4.74 Å². The number of aromatic hydroxyl groups is 1. The van der Waals surface area contributed by atoms with Crippen molar-refractivity contribution < 1.29 is 14.4 Å². The normalized spacial score (nSPS) is 12.6. The van der Waals surface area contributed by atoms with Gasteiger partial charge in [-0.3, -0.25) is 0 Å². The molecule has 0 spiro atoms. The standard InChI is InChI=1S/C13H15BrN2O3/c1-3-11(18-4-2)12-15-13(19-16-12)9-7-8(14)5-6-10(9)17/h5-7,11,17H,3-4H2,1-2H3. The predicted molar refractivity (Wildman–Crippen MR) is 73.8 cm³/mol. The van der Waals surface area contributed by atoms with Crippen molar-refractivity contribution >= 4 is 15.9 Å². The van der Waals surface area contributed by atoms with E-state index in [1.54, 1.807) is 18.2 Å². The van der Waals surface area contributed by atoms with Crippen molar-refractivity contribution in [2.75, 3.05) is 6.61 Å². The molecule has 2 rings (SSSR count). The van der Waals surface area contributed by atoms with Crippen LogP contribution >= 0.6 is 15.9 Å². The van der Waals surface area contributed by atoms with Gasteiger partial charge in [-0.25, -0.2) is 0 Å². The summed E-state index contributed by atoms with van der Waals surface area (Å²) in [5.41, 5.74) is 0.500. The predicted octanol–water partition coefficient (Wildman–Crippen LogP) is 3.69. The second kappa shape index (κ2) is 6.16. The number of halogens is 1. The molecule has 5 nitrogen and oxygen atoms in total. The molecule has 0 fully saturated rings. The van der Waals surface area contributed by atoms with Gasteiger partial charge < -0.3 is 14.4 Å². The number of ether oxygens (including phenoxy) is 1. The minimum Gasteiger partial charge on any atom is -0.507 e. The van der Waals surface area contributed by atoms with E-state index in [2.05, 4.69) is 26.1 Å². The molecule has 1 heterocycles. The molecule has 2 aromatic rings. The molecule has 1 N–H and O–H groups in total. The van der Waals surface area contributed by atoms with Gasteiger partial charge in [-0.05, 0) is 31.5 Å². The monoisotopic (exact) mass is 326 g/mol. The Hall–Kier alpha value is -1.40. The summed E-state index contributed by atoms with van der Waals surface area (Å²) < 4.78 is 11.5. The summed E-state index contributed by atoms with van der Waals surface area (Å²) in [6.45, 7) is 4.50. The van der Waals surface area contributed by atoms with Crippen molar-refractivity contribution in [3.63, 3.8) is 0 Å². The van der Waals surface area contributed by atoms with Crippen LogP contribution in [0.4, 0.5) is 0 Å². The zero-order chi connectivity index (χ0) is 13.8. The van der Waals surface area contributed by atoms with Crippen LogP contribution in [0.1, 0.15) is 32.2 Å². The van der Waals surface area contributed by atoms with Crippen LogP contribution < -0.4 is 0 Å². The Morgan fingerprint density at radius 2 is 2.21 bits per heavy atom. The maximum absolute atomic E-state index is 9.82. The Kier molecular flexibility index (Phi) is 4.55. The van der Waals surface area contributed by atoms with Gasteiger partial charge in [-0.1, -0.05) is 28.0 Å². The third-order valence-electron chi connectivity index (χ3n) is 2.66. The van der Waals surface area contributed by atoms with E-state index in [0.717, 1.165) is 10.9 Å². The fourth-order valence-corrected chi connectivity index (χ4v) is 2.09. The number of hydrogen-bond acceptors (Lipinski definition) is 5. The fourth-order valence-electron chi connectivity index (χ4n) is 1.73. The second-order valence-corrected chi connectivity index (χ2v) is 4.89. The van der Waals surface area contributed by atoms with Gasteiger partial charge in [0.05, 0.1) is 5.56 Å². The van der Waals surface area contributed by atoms with E-state index >= 15 is 0 Å². The van der Waals surface area contributed by atoms with Crippen LogP contribution in [0.2, 0.25) is 0 Å². The zero-order valence-electron chi connectivity index (χ0n) is 10.8. The Balaban J connectivity index is 2.32. The molecule has 0 aliphatic heterocycles. The quantitative estimate of drug-likeness (QED) is 0.907. The van der Waals surface area contributed by atoms with Crippen LogP contribution in [0, 0.1) is 0 Å². The first-order valence-corrected chi connectivity index (χ1v) is 6.89. The summed E-state index contributed by atoms with van der Waals surface area (Å²) in [6.07, 6.45) is 0.578. The van der Waals surface area contributed by atoms with E-state index in [9.17, 15) is 5.11 Å². The average molecular weight is 327 g/mol. The van der Waals surface area contributed by atoms with Crippen molar-refractivity contribution in [3.05, 3.63) is 28.5 Å². The maximum Gasteiger partial charge on any atom is 0.261 e. The highest BCUT2D eigenvalue weighted by Gasteiger charge is 2.19. The summed E-state index contributed by atoms with van der Waals surface area (Å²) in [5, 5.41) is 13.7. The number of hydrogen-bond donors (Lipinski definition) is 1. The summed E-state index contributed by atoms with van der Waals surface area (Å²) in [6, 6.07) is 5.04. The van der Waals surface area contributed by atoms with E-state index in [0.29, 0.717) is 18.0 Å². The summed E-state index contributed by atoms with van der Waals surface area (Å²) in [7, 11) is 0. The largest absolute Gasteiger partial charge is 0.507 e. The molecule has 0 aliphatic carbocycles. The van der Waals surface area contributed by atoms with Crippen molar-refractivity contribution in [1.82, 2.24) is 10.1 Å². The molecule has 1 unspecified atom stereocenters. The highest BCUT2D eigenvalue weighted by molar-refractivity contribution is 9.10. The summed E-state index contributed by atoms with van der Waals surface area (Å²) >= 11 is 3.34. The van der Waals surface area contributed by atoms with Crippen LogP contribution in [0.5, 0.6) is 5.75 Å². The van der Waals surface area contributed by atoms with Crippen LogP contribution in [0.3, 0.4) is 0 Å². The minimum atomic E-state index is -0.184. The van der Waals surface area contributed by atoms with E-state index in [1.165, 1.54) is 0 Å². The lowest BCUT2D eigenvalue weighted by Crippen LogP contribution is -2.04. The highest BCUT2D eigenvalue weighted by atomic mass is 79.9. The van der Waals surface area contributed by atoms with Crippen molar-refractivity contribution in [2.24, 2.45) is 0 Å². The molecule has 19 heavy (non-hydrogen) atoms. The Morgan fingerprint density at radius 3 is 2.89 bits per heavy atom. The van der Waals surface area contributed by atoms with Gasteiger partial charge in [-0.2, -0.15) is 4.98 Å². The molecule has 1 atom stereocenters. The van der Waals surface area contributed by atoms with Gasteiger partial charge in [-0.15, -0.1) is 0 Å². The van der Waals surface area contributed by atoms with Crippen LogP contribution in [0.15, 0.2) is 27.2 Å². The van der Waals surface area contributed by atoms with Crippen molar-refractivity contribution in [1.29, 1.82) is 0 Å². The molecule has 1 aromatic carbocycles. The highest BCUT2D eigenvalue weighted by Crippen LogP contribution is 2.31. The smallest absolute Gasteiger partial charge is 0.261 e. The van der Waals surface area contributed by atoms with Crippen LogP contribution in [0.25, 0.3) is 11.5 Å². The average Bonchev–Trinajstić information content (AvgIpc) is 2.88. The number of benzene rings is 1. The van der Waals surface area contributed by atoms with Crippen molar-refractivity contribution in [3.8, 4) is 17.2 Å². The molecular formula is C13H15BrN2O3. The molecule has 1 aromatic heterocycles. The molecule has 0 aliphatic rings. The van der Waals surface area contributed by atoms with Gasteiger partial charge in [0.25, 0.3) is 5.89 Å². The fraction of sp³-hybridized carbons (Fsp3) is 0.385. The lowest BCUT2D eigenvalue weighted by atomic mass is 10.2. The summed E-state index contributed by atoms with van der Waals surface area (Å²) in [5.74, 6) is 0.883. The Bertz CT molecular complexity index is 557. The van der Waals surface area contributed by atoms with Gasteiger partial charge >= 0.3 is 0 Å². The van der Waals surface area contributed by atoms with Gasteiger partial charge in [0.15, 0.2) is 0 Å². The van der Waals surface area contributed by atoms with Crippen LogP contribution in [-0.4, -0.2) is 21.9 Å². The lowest BCUT2D eigenvalue weighted by molar-refractivity contribution is 0.0518. The molecule has 0 bridgehead atoms. The maximum atomic E-state index is 9.82. The van der Waals surface area contributed by atoms with Gasteiger partial charge in [0, 0.05) is 11.1 Å². The number of aromatic nitrogens is 2. The molecule has 102 valence electrons. The molecule has 0 radical (unpaired) electrons. The molecular weight excluding hydrogens is 312 g/mol. The summed E-state index contributed by atoms with van der Waals surface area (Å²) in [4.78, 5) is 4.29. The number of nitrogens with zero attached hydrogens (tertiary/aromatic N) is 2. The SMILES string of the molecule is CCOC(CC)c1noc(-c2cc(Br)ccc2O)n1. The van der Waals surface area contributed by atoms with E-state index in [4.69, 9.17) is 9.26 Å². The first kappa shape index (κ1) is 14.0. The lowest BCUT2D eigenvalue weighted by Gasteiger charge is -2.09. The van der Waals surface area contributed by atoms with E-state index < -0.39 is 0 Å². The van der Waals surface area contributed by atoms with Crippen molar-refractivity contribution in [2.45, 2.75) is 26.4 Å². The van der Waals surface area contributed by atoms with Gasteiger partial charge in [0.2, 0.25) is 5.82 Å². The number of phenols is 1. The van der Waals surface area contributed by atoms with E-state index in [1.807, 2.05) is 13.8 Å².